The van der Waals surface area contributed by atoms with Gasteiger partial charge in [0.25, 0.3) is 0 Å². The average molecular weight is 291 g/mol. The van der Waals surface area contributed by atoms with Crippen LogP contribution in [0.3, 0.4) is 0 Å². The molecule has 0 spiro atoms. The van der Waals surface area contributed by atoms with Gasteiger partial charge in [0.2, 0.25) is 0 Å². The summed E-state index contributed by atoms with van der Waals surface area (Å²) >= 11 is 5.93. The molecule has 1 aliphatic rings. The molecule has 1 fully saturated rings. The molecule has 2 atom stereocenters. The van der Waals surface area contributed by atoms with E-state index in [1.165, 1.54) is 6.07 Å². The van der Waals surface area contributed by atoms with Crippen LogP contribution in [-0.4, -0.2) is 25.8 Å². The van der Waals surface area contributed by atoms with Crippen molar-refractivity contribution in [2.75, 3.05) is 17.4 Å². The van der Waals surface area contributed by atoms with Crippen molar-refractivity contribution in [2.24, 2.45) is 11.8 Å². The van der Waals surface area contributed by atoms with Gasteiger partial charge in [0.05, 0.1) is 11.5 Å². The highest BCUT2D eigenvalue weighted by Gasteiger charge is 2.33. The molecule has 5 heteroatoms. The Balaban J connectivity index is 2.09. The van der Waals surface area contributed by atoms with Gasteiger partial charge in [-0.1, -0.05) is 18.2 Å². The molecule has 100 valence electrons. The quantitative estimate of drug-likeness (QED) is 0.799. The van der Waals surface area contributed by atoms with Crippen LogP contribution in [-0.2, 0) is 16.3 Å². The van der Waals surface area contributed by atoms with Crippen molar-refractivity contribution in [2.45, 2.75) is 12.8 Å². The zero-order valence-corrected chi connectivity index (χ0v) is 11.6. The number of alkyl halides is 1. The molecule has 1 saturated heterocycles. The van der Waals surface area contributed by atoms with Crippen molar-refractivity contribution in [1.29, 1.82) is 0 Å². The van der Waals surface area contributed by atoms with Crippen LogP contribution in [0.4, 0.5) is 4.39 Å². The third-order valence-electron chi connectivity index (χ3n) is 3.57. The standard InChI is InChI=1S/C13H16ClFO2S/c14-8-12(11-5-6-18(16,17)9-11)7-10-3-1-2-4-13(10)15/h1-4,11-12H,5-9H2. The lowest BCUT2D eigenvalue weighted by molar-refractivity contribution is 0.392. The van der Waals surface area contributed by atoms with Crippen LogP contribution in [0.25, 0.3) is 0 Å². The first-order chi connectivity index (χ1) is 8.52. The zero-order valence-electron chi connectivity index (χ0n) is 9.98. The molecule has 1 aliphatic heterocycles. The third kappa shape index (κ3) is 3.23. The van der Waals surface area contributed by atoms with Gasteiger partial charge in [-0.2, -0.15) is 0 Å². The van der Waals surface area contributed by atoms with E-state index in [4.69, 9.17) is 11.6 Å². The summed E-state index contributed by atoms with van der Waals surface area (Å²) in [5.74, 6) is 0.650. The summed E-state index contributed by atoms with van der Waals surface area (Å²) in [6, 6.07) is 6.59. The second kappa shape index (κ2) is 5.57. The van der Waals surface area contributed by atoms with Crippen LogP contribution in [0.5, 0.6) is 0 Å². The van der Waals surface area contributed by atoms with Crippen LogP contribution >= 0.6 is 11.6 Å². The van der Waals surface area contributed by atoms with Crippen LogP contribution in [0.15, 0.2) is 24.3 Å². The molecule has 1 aromatic carbocycles. The molecule has 1 heterocycles. The second-order valence-electron chi connectivity index (χ2n) is 4.87. The monoisotopic (exact) mass is 290 g/mol. The Kier molecular flexibility index (Phi) is 4.28. The molecule has 0 aliphatic carbocycles. The number of rotatable bonds is 4. The summed E-state index contributed by atoms with van der Waals surface area (Å²) < 4.78 is 36.5. The molecule has 0 N–H and O–H groups in total. The van der Waals surface area contributed by atoms with Gasteiger partial charge in [-0.25, -0.2) is 12.8 Å². The van der Waals surface area contributed by atoms with Crippen LogP contribution < -0.4 is 0 Å². The Labute approximate surface area is 112 Å². The lowest BCUT2D eigenvalue weighted by Crippen LogP contribution is -2.20. The molecule has 2 nitrogen and oxygen atoms in total. The van der Waals surface area contributed by atoms with Crippen molar-refractivity contribution >= 4 is 21.4 Å². The third-order valence-corrected chi connectivity index (χ3v) is 5.76. The highest BCUT2D eigenvalue weighted by molar-refractivity contribution is 7.91. The maximum atomic E-state index is 13.6. The fourth-order valence-corrected chi connectivity index (χ4v) is 4.77. The predicted molar refractivity (Wildman–Crippen MR) is 71.1 cm³/mol. The second-order valence-corrected chi connectivity index (χ2v) is 7.41. The van der Waals surface area contributed by atoms with Gasteiger partial charge in [0.15, 0.2) is 9.84 Å². The summed E-state index contributed by atoms with van der Waals surface area (Å²) in [7, 11) is -2.91. The minimum atomic E-state index is -2.91. The Bertz CT molecular complexity index is 515. The molecule has 2 rings (SSSR count). The first-order valence-electron chi connectivity index (χ1n) is 6.01. The minimum absolute atomic E-state index is 0.0286. The van der Waals surface area contributed by atoms with Crippen LogP contribution in [0.1, 0.15) is 12.0 Å². The topological polar surface area (TPSA) is 34.1 Å². The van der Waals surface area contributed by atoms with Gasteiger partial charge in [-0.15, -0.1) is 11.6 Å². The molecule has 18 heavy (non-hydrogen) atoms. The largest absolute Gasteiger partial charge is 0.229 e. The Hall–Kier alpha value is -0.610. The minimum Gasteiger partial charge on any atom is -0.229 e. The fourth-order valence-electron chi connectivity index (χ4n) is 2.49. The van der Waals surface area contributed by atoms with Gasteiger partial charge in [-0.3, -0.25) is 0 Å². The average Bonchev–Trinajstić information content (AvgIpc) is 2.68. The number of hydrogen-bond acceptors (Lipinski definition) is 2. The summed E-state index contributed by atoms with van der Waals surface area (Å²) in [6.07, 6.45) is 1.16. The fraction of sp³-hybridized carbons (Fsp3) is 0.538. The van der Waals surface area contributed by atoms with E-state index in [-0.39, 0.29) is 29.2 Å². The van der Waals surface area contributed by atoms with Crippen molar-refractivity contribution in [1.82, 2.24) is 0 Å². The van der Waals surface area contributed by atoms with Crippen molar-refractivity contribution < 1.29 is 12.8 Å². The van der Waals surface area contributed by atoms with E-state index in [0.717, 1.165) is 0 Å². The highest BCUT2D eigenvalue weighted by atomic mass is 35.5. The molecule has 0 amide bonds. The molecule has 0 radical (unpaired) electrons. The van der Waals surface area contributed by atoms with E-state index in [0.29, 0.717) is 24.3 Å². The van der Waals surface area contributed by atoms with E-state index < -0.39 is 9.84 Å². The Morgan fingerprint density at radius 1 is 1.39 bits per heavy atom. The number of sulfone groups is 1. The summed E-state index contributed by atoms with van der Waals surface area (Å²) in [5.41, 5.74) is 0.618. The van der Waals surface area contributed by atoms with Crippen LogP contribution in [0, 0.1) is 17.7 Å². The maximum Gasteiger partial charge on any atom is 0.150 e. The number of hydrogen-bond donors (Lipinski definition) is 0. The van der Waals surface area contributed by atoms with E-state index in [1.54, 1.807) is 18.2 Å². The number of halogens is 2. The first kappa shape index (κ1) is 13.8. The van der Waals surface area contributed by atoms with E-state index in [2.05, 4.69) is 0 Å². The summed E-state index contributed by atoms with van der Waals surface area (Å²) in [4.78, 5) is 0. The summed E-state index contributed by atoms with van der Waals surface area (Å²) in [6.45, 7) is 0. The Morgan fingerprint density at radius 2 is 2.11 bits per heavy atom. The van der Waals surface area contributed by atoms with Gasteiger partial charge < -0.3 is 0 Å². The molecule has 2 unspecified atom stereocenters. The van der Waals surface area contributed by atoms with Crippen LogP contribution in [0.2, 0.25) is 0 Å². The highest BCUT2D eigenvalue weighted by Crippen LogP contribution is 2.30. The predicted octanol–water partition coefficient (Wildman–Crippen LogP) is 2.66. The molecule has 0 saturated carbocycles. The SMILES string of the molecule is O=S1(=O)CCC(C(CCl)Cc2ccccc2F)C1. The normalized spacial score (nSPS) is 24.0. The van der Waals surface area contributed by atoms with Gasteiger partial charge in [0.1, 0.15) is 5.82 Å². The van der Waals surface area contributed by atoms with E-state index in [9.17, 15) is 12.8 Å². The van der Waals surface area contributed by atoms with E-state index in [1.807, 2.05) is 0 Å². The maximum absolute atomic E-state index is 13.6. The summed E-state index contributed by atoms with van der Waals surface area (Å²) in [5, 5.41) is 0. The smallest absolute Gasteiger partial charge is 0.150 e. The molecular formula is C13H16ClFO2S. The molecule has 0 aromatic heterocycles. The molecule has 0 bridgehead atoms. The van der Waals surface area contributed by atoms with Crippen molar-refractivity contribution in [3.8, 4) is 0 Å². The van der Waals surface area contributed by atoms with Crippen molar-refractivity contribution in [3.05, 3.63) is 35.6 Å². The lowest BCUT2D eigenvalue weighted by atomic mass is 9.88. The van der Waals surface area contributed by atoms with E-state index >= 15 is 0 Å². The molecular weight excluding hydrogens is 275 g/mol. The lowest BCUT2D eigenvalue weighted by Gasteiger charge is -2.20. The van der Waals surface area contributed by atoms with Gasteiger partial charge in [-0.05, 0) is 36.3 Å². The molecule has 1 aromatic rings. The zero-order chi connectivity index (χ0) is 13.2. The Morgan fingerprint density at radius 3 is 2.67 bits per heavy atom. The first-order valence-corrected chi connectivity index (χ1v) is 8.37. The number of benzene rings is 1. The van der Waals surface area contributed by atoms with Crippen molar-refractivity contribution in [3.63, 3.8) is 0 Å². The van der Waals surface area contributed by atoms with Gasteiger partial charge >= 0.3 is 0 Å². The van der Waals surface area contributed by atoms with Gasteiger partial charge in [0, 0.05) is 5.88 Å².